The van der Waals surface area contributed by atoms with Crippen molar-refractivity contribution in [1.82, 2.24) is 19.9 Å². The molecule has 1 saturated heterocycles. The predicted octanol–water partition coefficient (Wildman–Crippen LogP) is 4.06. The minimum atomic E-state index is 0.384. The van der Waals surface area contributed by atoms with Crippen molar-refractivity contribution in [2.45, 2.75) is 37.6 Å². The van der Waals surface area contributed by atoms with E-state index < -0.39 is 0 Å². The van der Waals surface area contributed by atoms with Crippen molar-refractivity contribution in [3.8, 4) is 0 Å². The van der Waals surface area contributed by atoms with Crippen LogP contribution >= 0.6 is 0 Å². The topological polar surface area (TPSA) is 70.6 Å². The summed E-state index contributed by atoms with van der Waals surface area (Å²) in [6.07, 6.45) is 6.69. The lowest BCUT2D eigenvalue weighted by atomic mass is 10.1. The molecule has 28 heavy (non-hydrogen) atoms. The van der Waals surface area contributed by atoms with E-state index >= 15 is 0 Å². The second-order valence-electron chi connectivity index (χ2n) is 7.61. The van der Waals surface area contributed by atoms with E-state index in [1.807, 2.05) is 41.0 Å². The van der Waals surface area contributed by atoms with E-state index in [1.54, 1.807) is 0 Å². The van der Waals surface area contributed by atoms with Gasteiger partial charge < -0.3 is 16.0 Å². The van der Waals surface area contributed by atoms with E-state index in [2.05, 4.69) is 25.9 Å². The summed E-state index contributed by atoms with van der Waals surface area (Å²) in [5, 5.41) is 15.1. The molecule has 7 heteroatoms. The molecule has 1 atom stereocenters. The minimum Gasteiger partial charge on any atom is -0.366 e. The largest absolute Gasteiger partial charge is 0.366 e. The van der Waals surface area contributed by atoms with Crippen LogP contribution in [0.25, 0.3) is 10.5 Å². The van der Waals surface area contributed by atoms with Crippen molar-refractivity contribution in [1.29, 1.82) is 0 Å². The van der Waals surface area contributed by atoms with Gasteiger partial charge in [0.25, 0.3) is 0 Å². The van der Waals surface area contributed by atoms with Crippen molar-refractivity contribution in [2.24, 2.45) is 0 Å². The van der Waals surface area contributed by atoms with E-state index in [-0.39, 0.29) is 0 Å². The molecular weight excluding hydrogens is 350 g/mol. The average Bonchev–Trinajstić information content (AvgIpc) is 3.48. The fourth-order valence-electron chi connectivity index (χ4n) is 3.81. The zero-order chi connectivity index (χ0) is 18.9. The second-order valence-corrected chi connectivity index (χ2v) is 7.61. The Balaban J connectivity index is 1.52. The predicted molar refractivity (Wildman–Crippen MR) is 110 cm³/mol. The molecule has 0 radical (unpaired) electrons. The van der Waals surface area contributed by atoms with Crippen LogP contribution in [0.1, 0.15) is 37.2 Å². The Hall–Kier alpha value is -3.11. The molecule has 1 aliphatic heterocycles. The number of hydrogen-bond acceptors (Lipinski definition) is 5. The van der Waals surface area contributed by atoms with Crippen molar-refractivity contribution >= 4 is 28.7 Å². The van der Waals surface area contributed by atoms with Gasteiger partial charge in [0, 0.05) is 29.9 Å². The first-order valence-corrected chi connectivity index (χ1v) is 9.90. The maximum absolute atomic E-state index is 7.24. The Morgan fingerprint density at radius 1 is 1.21 bits per heavy atom. The van der Waals surface area contributed by atoms with Gasteiger partial charge in [-0.2, -0.15) is 9.61 Å². The van der Waals surface area contributed by atoms with Crippen LogP contribution in [0.15, 0.2) is 36.5 Å². The fourth-order valence-corrected chi connectivity index (χ4v) is 3.81. The third-order valence-corrected chi connectivity index (χ3v) is 5.41. The number of aromatic nitrogens is 3. The SMILES string of the molecule is [C-]#[N+]c1cccc(Nc2cc(N[C@H]3CCCNC3)nc3c(C4CC4)cnn23)c1. The number of fused-ring (bicyclic) bond motifs is 1. The zero-order valence-corrected chi connectivity index (χ0v) is 15.7. The molecule has 7 nitrogen and oxygen atoms in total. The van der Waals surface area contributed by atoms with Crippen molar-refractivity contribution in [3.63, 3.8) is 0 Å². The number of rotatable bonds is 5. The molecule has 1 saturated carbocycles. The van der Waals surface area contributed by atoms with Crippen LogP contribution in [0.2, 0.25) is 0 Å². The molecular formula is C21H23N7. The van der Waals surface area contributed by atoms with Crippen molar-refractivity contribution in [3.05, 3.63) is 53.5 Å². The smallest absolute Gasteiger partial charge is 0.189 e. The van der Waals surface area contributed by atoms with E-state index in [9.17, 15) is 0 Å². The monoisotopic (exact) mass is 373 g/mol. The summed E-state index contributed by atoms with van der Waals surface area (Å²) in [4.78, 5) is 8.42. The summed E-state index contributed by atoms with van der Waals surface area (Å²) in [6, 6.07) is 9.90. The van der Waals surface area contributed by atoms with Crippen LogP contribution in [0.4, 0.5) is 23.0 Å². The van der Waals surface area contributed by atoms with E-state index in [4.69, 9.17) is 11.6 Å². The number of benzene rings is 1. The summed E-state index contributed by atoms with van der Waals surface area (Å²) < 4.78 is 1.88. The first kappa shape index (κ1) is 17.0. The average molecular weight is 373 g/mol. The van der Waals surface area contributed by atoms with Crippen LogP contribution in [-0.4, -0.2) is 33.7 Å². The molecule has 2 fully saturated rings. The molecule has 0 amide bonds. The number of anilines is 3. The second kappa shape index (κ2) is 7.13. The Kier molecular flexibility index (Phi) is 4.34. The molecule has 3 aromatic rings. The number of nitrogens with one attached hydrogen (secondary N) is 3. The van der Waals surface area contributed by atoms with Gasteiger partial charge in [0.1, 0.15) is 11.6 Å². The van der Waals surface area contributed by atoms with Crippen LogP contribution in [0, 0.1) is 6.57 Å². The maximum atomic E-state index is 7.24. The first-order chi connectivity index (χ1) is 13.8. The van der Waals surface area contributed by atoms with Crippen molar-refractivity contribution < 1.29 is 0 Å². The van der Waals surface area contributed by atoms with Gasteiger partial charge in [-0.15, -0.1) is 0 Å². The number of nitrogens with zero attached hydrogens (tertiary/aromatic N) is 4. The quantitative estimate of drug-likeness (QED) is 0.588. The van der Waals surface area contributed by atoms with Gasteiger partial charge >= 0.3 is 0 Å². The molecule has 3 heterocycles. The fraction of sp³-hybridized carbons (Fsp3) is 0.381. The highest BCUT2D eigenvalue weighted by atomic mass is 15.3. The molecule has 1 aromatic carbocycles. The molecule has 2 aliphatic rings. The van der Waals surface area contributed by atoms with E-state index in [1.165, 1.54) is 24.8 Å². The molecule has 3 N–H and O–H groups in total. The first-order valence-electron chi connectivity index (χ1n) is 9.90. The zero-order valence-electron chi connectivity index (χ0n) is 15.7. The highest BCUT2D eigenvalue weighted by molar-refractivity contribution is 5.68. The number of hydrogen-bond donors (Lipinski definition) is 3. The lowest BCUT2D eigenvalue weighted by Gasteiger charge is -2.24. The molecule has 0 unspecified atom stereocenters. The summed E-state index contributed by atoms with van der Waals surface area (Å²) in [5.74, 6) is 2.30. The lowest BCUT2D eigenvalue weighted by Crippen LogP contribution is -2.38. The van der Waals surface area contributed by atoms with Gasteiger partial charge in [0.2, 0.25) is 0 Å². The Labute approximate surface area is 164 Å². The highest BCUT2D eigenvalue weighted by Gasteiger charge is 2.28. The van der Waals surface area contributed by atoms with Gasteiger partial charge in [-0.25, -0.2) is 9.83 Å². The summed E-state index contributed by atoms with van der Waals surface area (Å²) in [7, 11) is 0. The summed E-state index contributed by atoms with van der Waals surface area (Å²) in [5.41, 5.74) is 3.62. The minimum absolute atomic E-state index is 0.384. The molecule has 5 rings (SSSR count). The number of piperidine rings is 1. The van der Waals surface area contributed by atoms with Gasteiger partial charge in [-0.1, -0.05) is 12.1 Å². The molecule has 1 aliphatic carbocycles. The van der Waals surface area contributed by atoms with E-state index in [0.29, 0.717) is 17.6 Å². The van der Waals surface area contributed by atoms with Crippen LogP contribution < -0.4 is 16.0 Å². The van der Waals surface area contributed by atoms with Crippen LogP contribution in [0.3, 0.4) is 0 Å². The highest BCUT2D eigenvalue weighted by Crippen LogP contribution is 2.42. The van der Waals surface area contributed by atoms with Gasteiger partial charge in [0.05, 0.1) is 12.8 Å². The molecule has 2 aromatic heterocycles. The van der Waals surface area contributed by atoms with Crippen LogP contribution in [0.5, 0.6) is 0 Å². The third kappa shape index (κ3) is 3.39. The Bertz CT molecular complexity index is 1040. The van der Waals surface area contributed by atoms with Crippen LogP contribution in [-0.2, 0) is 0 Å². The van der Waals surface area contributed by atoms with E-state index in [0.717, 1.165) is 42.5 Å². The Morgan fingerprint density at radius 2 is 2.14 bits per heavy atom. The van der Waals surface area contributed by atoms with Gasteiger partial charge in [0.15, 0.2) is 11.3 Å². The lowest BCUT2D eigenvalue weighted by molar-refractivity contribution is 0.479. The third-order valence-electron chi connectivity index (χ3n) is 5.41. The standard InChI is InChI=1S/C21H23N7/c1-22-15-4-2-5-16(10-15)26-20-11-19(25-17-6-3-9-23-12-17)27-21-18(14-7-8-14)13-24-28(20)21/h2,4-5,10-11,13-14,17,23,26H,3,6-9,12H2,(H,25,27)/t17-/m0/s1. The van der Waals surface area contributed by atoms with Gasteiger partial charge in [-0.3, -0.25) is 0 Å². The molecule has 0 spiro atoms. The normalized spacial score (nSPS) is 19.3. The van der Waals surface area contributed by atoms with Gasteiger partial charge in [-0.05, 0) is 50.3 Å². The van der Waals surface area contributed by atoms with Crippen molar-refractivity contribution in [2.75, 3.05) is 23.7 Å². The molecule has 0 bridgehead atoms. The maximum Gasteiger partial charge on any atom is 0.189 e. The summed E-state index contributed by atoms with van der Waals surface area (Å²) >= 11 is 0. The Morgan fingerprint density at radius 3 is 2.93 bits per heavy atom. The molecule has 142 valence electrons. The summed E-state index contributed by atoms with van der Waals surface area (Å²) in [6.45, 7) is 9.28.